The van der Waals surface area contributed by atoms with Crippen LogP contribution in [0.4, 0.5) is 0 Å². The largest absolute Gasteiger partial charge is 0.462 e. The van der Waals surface area contributed by atoms with Crippen LogP contribution in [0.3, 0.4) is 0 Å². The van der Waals surface area contributed by atoms with Crippen molar-refractivity contribution in [1.82, 2.24) is 0 Å². The molecule has 5 nitrogen and oxygen atoms in total. The molecule has 0 aromatic carbocycles. The number of hydrogen-bond acceptors (Lipinski definition) is 5. The highest BCUT2D eigenvalue weighted by Gasteiger charge is 2.16. The molecule has 318 valence electrons. The second-order valence-corrected chi connectivity index (χ2v) is 15.5. The second-order valence-electron chi connectivity index (χ2n) is 15.5. The minimum absolute atomic E-state index is 0.0635. The lowest BCUT2D eigenvalue weighted by molar-refractivity contribution is -0.161. The summed E-state index contributed by atoms with van der Waals surface area (Å²) in [5.74, 6) is -0.590. The summed E-state index contributed by atoms with van der Waals surface area (Å²) < 4.78 is 10.6. The van der Waals surface area contributed by atoms with Crippen molar-refractivity contribution >= 4 is 11.9 Å². The molecule has 0 spiro atoms. The van der Waals surface area contributed by atoms with E-state index in [0.29, 0.717) is 12.8 Å². The van der Waals surface area contributed by atoms with Gasteiger partial charge >= 0.3 is 11.9 Å². The van der Waals surface area contributed by atoms with Crippen molar-refractivity contribution in [2.75, 3.05) is 13.2 Å². The summed E-state index contributed by atoms with van der Waals surface area (Å²) in [6, 6.07) is 0. The standard InChI is InChI=1S/C50H88O5/c1-3-5-7-9-11-13-14-15-16-17-18-19-20-21-22-23-24-25-26-27-28-29-30-31-32-33-34-35-36-37-39-41-43-45-50(53)55-48(46-51)47-54-49(52)44-42-40-38-12-10-8-6-4-2/h5,7,11,13,15-16,18-19,21-22,48,51H,3-4,6,8-10,12,14,17,20,23-47H2,1-2H3/b7-5-,13-11-,16-15-,19-18-,22-21-. The number of hydrogen-bond donors (Lipinski definition) is 1. The maximum atomic E-state index is 12.2. The van der Waals surface area contributed by atoms with Crippen LogP contribution in [-0.4, -0.2) is 36.4 Å². The molecule has 0 rings (SSSR count). The van der Waals surface area contributed by atoms with Crippen LogP contribution in [0.15, 0.2) is 60.8 Å². The predicted octanol–water partition coefficient (Wildman–Crippen LogP) is 15.1. The molecule has 0 amide bonds. The highest BCUT2D eigenvalue weighted by Crippen LogP contribution is 2.15. The first-order valence-corrected chi connectivity index (χ1v) is 23.3. The fourth-order valence-electron chi connectivity index (χ4n) is 6.58. The number of allylic oxidation sites excluding steroid dienone is 10. The lowest BCUT2D eigenvalue weighted by Crippen LogP contribution is -2.28. The van der Waals surface area contributed by atoms with Crippen molar-refractivity contribution in [3.63, 3.8) is 0 Å². The van der Waals surface area contributed by atoms with Gasteiger partial charge in [0.05, 0.1) is 6.61 Å². The summed E-state index contributed by atoms with van der Waals surface area (Å²) in [5.41, 5.74) is 0. The predicted molar refractivity (Wildman–Crippen MR) is 237 cm³/mol. The normalized spacial score (nSPS) is 12.7. The molecule has 0 saturated carbocycles. The molecule has 0 fully saturated rings. The number of carbonyl (C=O) groups excluding carboxylic acids is 2. The van der Waals surface area contributed by atoms with Crippen molar-refractivity contribution in [3.05, 3.63) is 60.8 Å². The summed E-state index contributed by atoms with van der Waals surface area (Å²) >= 11 is 0. The molecule has 0 aliphatic heterocycles. The number of aliphatic hydroxyl groups is 1. The van der Waals surface area contributed by atoms with E-state index in [9.17, 15) is 14.7 Å². The Morgan fingerprint density at radius 1 is 0.436 bits per heavy atom. The maximum Gasteiger partial charge on any atom is 0.306 e. The van der Waals surface area contributed by atoms with Gasteiger partial charge in [-0.2, -0.15) is 0 Å². The molecule has 1 unspecified atom stereocenters. The van der Waals surface area contributed by atoms with Crippen LogP contribution in [0.25, 0.3) is 0 Å². The Kier molecular flexibility index (Phi) is 44.0. The zero-order chi connectivity index (χ0) is 40.0. The average molecular weight is 769 g/mol. The quantitative estimate of drug-likeness (QED) is 0.0380. The van der Waals surface area contributed by atoms with Crippen LogP contribution >= 0.6 is 0 Å². The molecule has 0 aliphatic rings. The molecule has 55 heavy (non-hydrogen) atoms. The maximum absolute atomic E-state index is 12.2. The third kappa shape index (κ3) is 44.2. The molecular weight excluding hydrogens is 681 g/mol. The van der Waals surface area contributed by atoms with E-state index in [4.69, 9.17) is 9.47 Å². The molecular formula is C50H88O5. The van der Waals surface area contributed by atoms with Crippen molar-refractivity contribution in [2.24, 2.45) is 0 Å². The number of rotatable bonds is 42. The zero-order valence-electron chi connectivity index (χ0n) is 36.2. The van der Waals surface area contributed by atoms with Crippen molar-refractivity contribution < 1.29 is 24.2 Å². The Balaban J connectivity index is 3.43. The molecule has 0 radical (unpaired) electrons. The van der Waals surface area contributed by atoms with Gasteiger partial charge in [-0.25, -0.2) is 0 Å². The summed E-state index contributed by atoms with van der Waals surface area (Å²) in [7, 11) is 0. The van der Waals surface area contributed by atoms with E-state index < -0.39 is 6.10 Å². The number of ether oxygens (including phenoxy) is 2. The van der Waals surface area contributed by atoms with Crippen molar-refractivity contribution in [1.29, 1.82) is 0 Å². The van der Waals surface area contributed by atoms with Gasteiger partial charge in [-0.1, -0.05) is 216 Å². The van der Waals surface area contributed by atoms with Gasteiger partial charge in [0.15, 0.2) is 6.10 Å². The Labute approximate surface area is 341 Å². The molecule has 0 heterocycles. The smallest absolute Gasteiger partial charge is 0.306 e. The van der Waals surface area contributed by atoms with Crippen LogP contribution in [0.5, 0.6) is 0 Å². The average Bonchev–Trinajstić information content (AvgIpc) is 3.19. The number of unbranched alkanes of at least 4 members (excludes halogenated alkanes) is 24. The van der Waals surface area contributed by atoms with Crippen LogP contribution in [0, 0.1) is 0 Å². The molecule has 0 saturated heterocycles. The van der Waals surface area contributed by atoms with Gasteiger partial charge in [0.1, 0.15) is 6.61 Å². The fraction of sp³-hybridized carbons (Fsp3) is 0.760. The Morgan fingerprint density at radius 3 is 1.18 bits per heavy atom. The first-order chi connectivity index (χ1) is 27.1. The van der Waals surface area contributed by atoms with Gasteiger partial charge in [0, 0.05) is 12.8 Å². The molecule has 1 N–H and O–H groups in total. The topological polar surface area (TPSA) is 72.8 Å². The van der Waals surface area contributed by atoms with Crippen LogP contribution < -0.4 is 0 Å². The van der Waals surface area contributed by atoms with Crippen molar-refractivity contribution in [2.45, 2.75) is 232 Å². The second kappa shape index (κ2) is 46.0. The monoisotopic (exact) mass is 769 g/mol. The molecule has 1 atom stereocenters. The van der Waals surface area contributed by atoms with E-state index >= 15 is 0 Å². The minimum atomic E-state index is -0.767. The van der Waals surface area contributed by atoms with E-state index in [-0.39, 0.29) is 25.2 Å². The van der Waals surface area contributed by atoms with E-state index in [1.54, 1.807) is 0 Å². The summed E-state index contributed by atoms with van der Waals surface area (Å²) in [4.78, 5) is 24.2. The summed E-state index contributed by atoms with van der Waals surface area (Å²) in [5, 5.41) is 9.54. The first kappa shape index (κ1) is 52.6. The van der Waals surface area contributed by atoms with Gasteiger partial charge in [-0.3, -0.25) is 9.59 Å². The fourth-order valence-corrected chi connectivity index (χ4v) is 6.58. The molecule has 0 bridgehead atoms. The van der Waals surface area contributed by atoms with Gasteiger partial charge < -0.3 is 14.6 Å². The number of esters is 2. The molecule has 5 heteroatoms. The van der Waals surface area contributed by atoms with Gasteiger partial charge in [-0.15, -0.1) is 0 Å². The highest BCUT2D eigenvalue weighted by molar-refractivity contribution is 5.70. The Morgan fingerprint density at radius 2 is 0.782 bits per heavy atom. The number of aliphatic hydroxyl groups excluding tert-OH is 1. The zero-order valence-corrected chi connectivity index (χ0v) is 36.2. The van der Waals surface area contributed by atoms with E-state index in [0.717, 1.165) is 70.6 Å². The summed E-state index contributed by atoms with van der Waals surface area (Å²) in [6.45, 7) is 4.00. The van der Waals surface area contributed by atoms with Gasteiger partial charge in [0.2, 0.25) is 0 Å². The van der Waals surface area contributed by atoms with Gasteiger partial charge in [0.25, 0.3) is 0 Å². The summed E-state index contributed by atoms with van der Waals surface area (Å²) in [6.07, 6.45) is 60.5. The van der Waals surface area contributed by atoms with Crippen LogP contribution in [0.2, 0.25) is 0 Å². The van der Waals surface area contributed by atoms with E-state index in [1.165, 1.54) is 128 Å². The number of carbonyl (C=O) groups is 2. The minimum Gasteiger partial charge on any atom is -0.462 e. The van der Waals surface area contributed by atoms with Gasteiger partial charge in [-0.05, 0) is 57.8 Å². The first-order valence-electron chi connectivity index (χ1n) is 23.3. The SMILES string of the molecule is CC/C=C\C/C=C\C/C=C\C/C=C\C/C=C\CCCCCCCCCCCCCCCCCCCC(=O)OC(CO)COC(=O)CCCCCCCCCC. The van der Waals surface area contributed by atoms with E-state index in [1.807, 2.05) is 0 Å². The Bertz CT molecular complexity index is 961. The third-order valence-corrected chi connectivity index (χ3v) is 10.1. The lowest BCUT2D eigenvalue weighted by Gasteiger charge is -2.15. The van der Waals surface area contributed by atoms with Crippen LogP contribution in [0.1, 0.15) is 226 Å². The Hall–Kier alpha value is -2.40. The van der Waals surface area contributed by atoms with Crippen LogP contribution in [-0.2, 0) is 19.1 Å². The molecule has 0 aromatic heterocycles. The molecule has 0 aromatic rings. The highest BCUT2D eigenvalue weighted by atomic mass is 16.6. The molecule has 0 aliphatic carbocycles. The van der Waals surface area contributed by atoms with E-state index in [2.05, 4.69) is 74.6 Å². The third-order valence-electron chi connectivity index (χ3n) is 10.1. The lowest BCUT2D eigenvalue weighted by atomic mass is 10.0. The van der Waals surface area contributed by atoms with Crippen molar-refractivity contribution in [3.8, 4) is 0 Å².